The highest BCUT2D eigenvalue weighted by molar-refractivity contribution is 5.61. The number of halogens is 3. The number of hydrogen-bond donors (Lipinski definition) is 0. The van der Waals surface area contributed by atoms with E-state index in [0.29, 0.717) is 24.3 Å². The van der Waals surface area contributed by atoms with Gasteiger partial charge in [0, 0.05) is 17.5 Å². The minimum absolute atomic E-state index is 0.140. The summed E-state index contributed by atoms with van der Waals surface area (Å²) in [4.78, 5) is 9.48. The lowest BCUT2D eigenvalue weighted by Gasteiger charge is -2.15. The van der Waals surface area contributed by atoms with Crippen LogP contribution in [0.5, 0.6) is 5.75 Å². The van der Waals surface area contributed by atoms with E-state index >= 15 is 0 Å². The smallest absolute Gasteiger partial charge is 0.306 e. The molecule has 15 heavy (non-hydrogen) atoms. The fourth-order valence-corrected chi connectivity index (χ4v) is 1.36. The van der Waals surface area contributed by atoms with Crippen molar-refractivity contribution in [3.8, 4) is 5.75 Å². The molecule has 0 atom stereocenters. The first-order chi connectivity index (χ1) is 7.18. The second-order valence-corrected chi connectivity index (χ2v) is 3.05. The van der Waals surface area contributed by atoms with Crippen LogP contribution in [-0.4, -0.2) is 6.61 Å². The van der Waals surface area contributed by atoms with E-state index in [1.54, 1.807) is 0 Å². The maximum atomic E-state index is 12.9. The molecule has 0 saturated carbocycles. The quantitative estimate of drug-likeness (QED) is 0.671. The van der Waals surface area contributed by atoms with Crippen LogP contribution in [0.2, 0.25) is 0 Å². The normalized spacial score (nSPS) is 14.1. The molecule has 1 aliphatic rings. The van der Waals surface area contributed by atoms with Crippen LogP contribution in [0.4, 0.5) is 13.2 Å². The van der Waals surface area contributed by atoms with Gasteiger partial charge in [0.05, 0.1) is 6.61 Å². The molecule has 0 radical (unpaired) electrons. The predicted octanol–water partition coefficient (Wildman–Crippen LogP) is 3.09. The van der Waals surface area contributed by atoms with Gasteiger partial charge in [0.25, 0.3) is 0 Å². The van der Waals surface area contributed by atoms with Gasteiger partial charge in [-0.2, -0.15) is 13.7 Å². The SMILES string of the molecule is FC(F)=C(F)c1ccc2c(c1)CCOO2. The molecule has 0 N–H and O–H groups in total. The fraction of sp³-hybridized carbons (Fsp3) is 0.200. The molecule has 0 saturated heterocycles. The lowest BCUT2D eigenvalue weighted by Crippen LogP contribution is -2.10. The molecule has 80 valence electrons. The summed E-state index contributed by atoms with van der Waals surface area (Å²) in [6, 6.07) is 3.97. The van der Waals surface area contributed by atoms with Crippen molar-refractivity contribution in [2.45, 2.75) is 6.42 Å². The Balaban J connectivity index is 2.40. The number of hydrogen-bond acceptors (Lipinski definition) is 2. The topological polar surface area (TPSA) is 18.5 Å². The van der Waals surface area contributed by atoms with E-state index in [9.17, 15) is 13.2 Å². The first kappa shape index (κ1) is 10.0. The van der Waals surface area contributed by atoms with Crippen LogP contribution in [0.15, 0.2) is 24.3 Å². The standard InChI is InChI=1S/C10H7F3O2/c11-9(10(12)13)7-1-2-8-6(5-7)3-4-14-15-8/h1-2,5H,3-4H2. The van der Waals surface area contributed by atoms with E-state index in [1.165, 1.54) is 18.2 Å². The van der Waals surface area contributed by atoms with Crippen LogP contribution in [-0.2, 0) is 11.3 Å². The maximum absolute atomic E-state index is 12.9. The van der Waals surface area contributed by atoms with Crippen molar-refractivity contribution in [2.75, 3.05) is 6.61 Å². The lowest BCUT2D eigenvalue weighted by atomic mass is 10.1. The van der Waals surface area contributed by atoms with Crippen LogP contribution >= 0.6 is 0 Å². The van der Waals surface area contributed by atoms with E-state index in [2.05, 4.69) is 4.89 Å². The second-order valence-electron chi connectivity index (χ2n) is 3.05. The van der Waals surface area contributed by atoms with Crippen LogP contribution < -0.4 is 4.89 Å². The van der Waals surface area contributed by atoms with Gasteiger partial charge < -0.3 is 4.89 Å². The van der Waals surface area contributed by atoms with E-state index in [4.69, 9.17) is 4.89 Å². The maximum Gasteiger partial charge on any atom is 0.306 e. The molecule has 1 heterocycles. The van der Waals surface area contributed by atoms with Crippen molar-refractivity contribution in [1.82, 2.24) is 0 Å². The third kappa shape index (κ3) is 1.97. The largest absolute Gasteiger partial charge is 0.337 e. The molecule has 5 heteroatoms. The average Bonchev–Trinajstić information content (AvgIpc) is 2.27. The molecule has 0 fully saturated rings. The monoisotopic (exact) mass is 216 g/mol. The van der Waals surface area contributed by atoms with Gasteiger partial charge in [-0.05, 0) is 18.2 Å². The zero-order valence-electron chi connectivity index (χ0n) is 7.60. The van der Waals surface area contributed by atoms with Crippen LogP contribution in [0.3, 0.4) is 0 Å². The molecule has 0 aromatic heterocycles. The summed E-state index contributed by atoms with van der Waals surface area (Å²) in [5.74, 6) is -1.05. The summed E-state index contributed by atoms with van der Waals surface area (Å²) < 4.78 is 36.9. The van der Waals surface area contributed by atoms with Gasteiger partial charge in [0.2, 0.25) is 0 Å². The minimum atomic E-state index is -2.32. The molecule has 2 rings (SSSR count). The fourth-order valence-electron chi connectivity index (χ4n) is 1.36. The van der Waals surface area contributed by atoms with Crippen LogP contribution in [0, 0.1) is 0 Å². The van der Waals surface area contributed by atoms with Gasteiger partial charge in [-0.15, -0.1) is 0 Å². The van der Waals surface area contributed by atoms with E-state index in [1.807, 2.05) is 0 Å². The van der Waals surface area contributed by atoms with Crippen molar-refractivity contribution in [1.29, 1.82) is 0 Å². The minimum Gasteiger partial charge on any atom is -0.337 e. The summed E-state index contributed by atoms with van der Waals surface area (Å²) in [6.07, 6.45) is -1.80. The molecule has 0 spiro atoms. The molecule has 0 bridgehead atoms. The van der Waals surface area contributed by atoms with Crippen molar-refractivity contribution < 1.29 is 22.9 Å². The van der Waals surface area contributed by atoms with Crippen molar-refractivity contribution in [3.63, 3.8) is 0 Å². The Labute approximate surface area is 83.8 Å². The Bertz CT molecular complexity index is 411. The highest BCUT2D eigenvalue weighted by atomic mass is 19.3. The van der Waals surface area contributed by atoms with Crippen molar-refractivity contribution in [2.24, 2.45) is 0 Å². The molecule has 1 aliphatic heterocycles. The van der Waals surface area contributed by atoms with Gasteiger partial charge in [0.15, 0.2) is 11.6 Å². The Morgan fingerprint density at radius 1 is 1.20 bits per heavy atom. The first-order valence-corrected chi connectivity index (χ1v) is 4.32. The Morgan fingerprint density at radius 3 is 2.73 bits per heavy atom. The van der Waals surface area contributed by atoms with Gasteiger partial charge in [-0.3, -0.25) is 0 Å². The zero-order valence-corrected chi connectivity index (χ0v) is 7.60. The van der Waals surface area contributed by atoms with Gasteiger partial charge in [-0.25, -0.2) is 4.39 Å². The van der Waals surface area contributed by atoms with Crippen molar-refractivity contribution in [3.05, 3.63) is 35.4 Å². The Hall–Kier alpha value is -1.49. The summed E-state index contributed by atoms with van der Waals surface area (Å²) >= 11 is 0. The van der Waals surface area contributed by atoms with E-state index < -0.39 is 11.9 Å². The van der Waals surface area contributed by atoms with Crippen LogP contribution in [0.1, 0.15) is 11.1 Å². The van der Waals surface area contributed by atoms with Crippen molar-refractivity contribution >= 4 is 5.83 Å². The highest BCUT2D eigenvalue weighted by Crippen LogP contribution is 2.29. The summed E-state index contributed by atoms with van der Waals surface area (Å²) in [7, 11) is 0. The summed E-state index contributed by atoms with van der Waals surface area (Å²) in [5, 5.41) is 0. The average molecular weight is 216 g/mol. The van der Waals surface area contributed by atoms with E-state index in [-0.39, 0.29) is 5.56 Å². The van der Waals surface area contributed by atoms with Crippen LogP contribution in [0.25, 0.3) is 5.83 Å². The van der Waals surface area contributed by atoms with Gasteiger partial charge in [0.1, 0.15) is 0 Å². The molecule has 0 unspecified atom stereocenters. The molecule has 0 amide bonds. The Kier molecular flexibility index (Phi) is 2.64. The summed E-state index contributed by atoms with van der Waals surface area (Å²) in [5.41, 5.74) is 0.523. The Morgan fingerprint density at radius 2 is 2.00 bits per heavy atom. The predicted molar refractivity (Wildman–Crippen MR) is 47.0 cm³/mol. The van der Waals surface area contributed by atoms with Gasteiger partial charge >= 0.3 is 6.08 Å². The highest BCUT2D eigenvalue weighted by Gasteiger charge is 2.15. The van der Waals surface area contributed by atoms with E-state index in [0.717, 1.165) is 0 Å². The molecule has 2 nitrogen and oxygen atoms in total. The molecule has 1 aromatic carbocycles. The molecule has 1 aromatic rings. The first-order valence-electron chi connectivity index (χ1n) is 4.32. The third-order valence-electron chi connectivity index (χ3n) is 2.08. The number of benzene rings is 1. The summed E-state index contributed by atoms with van der Waals surface area (Å²) in [6.45, 7) is 0.333. The zero-order chi connectivity index (χ0) is 10.8. The number of rotatable bonds is 1. The third-order valence-corrected chi connectivity index (χ3v) is 2.08. The molecule has 0 aliphatic carbocycles. The number of fused-ring (bicyclic) bond motifs is 1. The second kappa shape index (κ2) is 3.94. The molecular formula is C10H7F3O2. The van der Waals surface area contributed by atoms with Gasteiger partial charge in [-0.1, -0.05) is 0 Å². The molecular weight excluding hydrogens is 209 g/mol. The lowest BCUT2D eigenvalue weighted by molar-refractivity contribution is -0.215.